The molecule has 0 rings (SSSR count). The molecule has 62 valence electrons. The maximum Gasteiger partial charge on any atom is 0.403 e. The third kappa shape index (κ3) is 6.88. The molecule has 0 saturated heterocycles. The van der Waals surface area contributed by atoms with Gasteiger partial charge in [0.1, 0.15) is 0 Å². The van der Waals surface area contributed by atoms with Crippen LogP contribution in [0.5, 0.6) is 0 Å². The molecule has 0 aromatic carbocycles. The van der Waals surface area contributed by atoms with E-state index in [4.69, 9.17) is 0 Å². The van der Waals surface area contributed by atoms with Crippen molar-refractivity contribution in [2.24, 2.45) is 5.92 Å². The van der Waals surface area contributed by atoms with Gasteiger partial charge in [0.25, 0.3) is 0 Å². The Morgan fingerprint density at radius 3 is 2.36 bits per heavy atom. The highest BCUT2D eigenvalue weighted by atomic mass is 16.7. The second-order valence-electron chi connectivity index (χ2n) is 2.62. The third-order valence-corrected chi connectivity index (χ3v) is 0.728. The van der Waals surface area contributed by atoms with E-state index in [1.165, 1.54) is 5.06 Å². The molecule has 0 saturated carbocycles. The van der Waals surface area contributed by atoms with E-state index in [2.05, 4.69) is 16.7 Å². The van der Waals surface area contributed by atoms with Gasteiger partial charge in [0.15, 0.2) is 0 Å². The second-order valence-corrected chi connectivity index (χ2v) is 2.62. The minimum absolute atomic E-state index is 0.199. The molecule has 0 amide bonds. The van der Waals surface area contributed by atoms with Crippen molar-refractivity contribution in [3.63, 3.8) is 0 Å². The fourth-order valence-corrected chi connectivity index (χ4v) is 0.392. The van der Waals surface area contributed by atoms with Crippen molar-refractivity contribution in [1.82, 2.24) is 5.06 Å². The van der Waals surface area contributed by atoms with E-state index in [-0.39, 0.29) is 5.92 Å². The molecule has 11 heavy (non-hydrogen) atoms. The van der Waals surface area contributed by atoms with Crippen LogP contribution in [0.3, 0.4) is 0 Å². The first kappa shape index (κ1) is 9.99. The number of hydrogen-bond donors (Lipinski definition) is 0. The first-order valence-corrected chi connectivity index (χ1v) is 3.43. The van der Waals surface area contributed by atoms with Crippen molar-refractivity contribution in [2.45, 2.75) is 13.8 Å². The predicted molar refractivity (Wildman–Crippen MR) is 42.4 cm³/mol. The standard InChI is InChI=1S/C8H13NO2/c1-7(2)5-6-8(10)11-9(3)4/h7H,1-4H3. The van der Waals surface area contributed by atoms with E-state index >= 15 is 0 Å². The molecule has 0 N–H and O–H groups in total. The number of hydrogen-bond acceptors (Lipinski definition) is 3. The number of carbonyl (C=O) groups excluding carboxylic acids is 1. The van der Waals surface area contributed by atoms with Crippen molar-refractivity contribution >= 4 is 5.97 Å². The van der Waals surface area contributed by atoms with Crippen LogP contribution in [0.4, 0.5) is 0 Å². The topological polar surface area (TPSA) is 29.5 Å². The largest absolute Gasteiger partial charge is 0.403 e. The van der Waals surface area contributed by atoms with Gasteiger partial charge in [0.2, 0.25) is 0 Å². The Morgan fingerprint density at radius 1 is 1.45 bits per heavy atom. The van der Waals surface area contributed by atoms with Gasteiger partial charge in [0.05, 0.1) is 0 Å². The van der Waals surface area contributed by atoms with E-state index < -0.39 is 5.97 Å². The summed E-state index contributed by atoms with van der Waals surface area (Å²) in [6, 6.07) is 0. The second kappa shape index (κ2) is 4.75. The van der Waals surface area contributed by atoms with Crippen LogP contribution in [0.25, 0.3) is 0 Å². The van der Waals surface area contributed by atoms with Crippen LogP contribution in [0, 0.1) is 17.8 Å². The zero-order valence-electron chi connectivity index (χ0n) is 7.34. The fourth-order valence-electron chi connectivity index (χ4n) is 0.392. The monoisotopic (exact) mass is 155 g/mol. The Balaban J connectivity index is 3.81. The molecule has 0 aliphatic heterocycles. The van der Waals surface area contributed by atoms with E-state index in [9.17, 15) is 4.79 Å². The summed E-state index contributed by atoms with van der Waals surface area (Å²) in [7, 11) is 3.27. The highest BCUT2D eigenvalue weighted by Crippen LogP contribution is 1.86. The van der Waals surface area contributed by atoms with Crippen LogP contribution in [-0.4, -0.2) is 25.1 Å². The molecule has 0 heterocycles. The average Bonchev–Trinajstić information content (AvgIpc) is 1.82. The van der Waals surface area contributed by atoms with Crippen molar-refractivity contribution < 1.29 is 9.63 Å². The molecule has 0 aliphatic carbocycles. The van der Waals surface area contributed by atoms with Gasteiger partial charge >= 0.3 is 5.97 Å². The lowest BCUT2D eigenvalue weighted by Gasteiger charge is -2.05. The lowest BCUT2D eigenvalue weighted by molar-refractivity contribution is -0.170. The fraction of sp³-hybridized carbons (Fsp3) is 0.625. The maximum absolute atomic E-state index is 10.7. The lowest BCUT2D eigenvalue weighted by Crippen LogP contribution is -2.17. The van der Waals surface area contributed by atoms with Gasteiger partial charge < -0.3 is 4.84 Å². The quantitative estimate of drug-likeness (QED) is 0.411. The number of nitrogens with zero attached hydrogens (tertiary/aromatic N) is 1. The Bertz CT molecular complexity index is 186. The molecule has 0 aromatic heterocycles. The molecule has 0 bridgehead atoms. The van der Waals surface area contributed by atoms with Gasteiger partial charge in [-0.15, -0.1) is 5.06 Å². The van der Waals surface area contributed by atoms with Crippen LogP contribution in [0.2, 0.25) is 0 Å². The van der Waals surface area contributed by atoms with Crippen LogP contribution < -0.4 is 0 Å². The molecule has 3 heteroatoms. The molecule has 0 aromatic rings. The summed E-state index contributed by atoms with van der Waals surface area (Å²) in [5.41, 5.74) is 0. The molecule has 0 unspecified atom stereocenters. The number of carbonyl (C=O) groups is 1. The zero-order chi connectivity index (χ0) is 8.85. The predicted octanol–water partition coefficient (Wildman–Crippen LogP) is 0.666. The molecule has 0 fully saturated rings. The van der Waals surface area contributed by atoms with Crippen molar-refractivity contribution in [3.05, 3.63) is 0 Å². The highest BCUT2D eigenvalue weighted by molar-refractivity contribution is 5.88. The molecular weight excluding hydrogens is 142 g/mol. The first-order valence-electron chi connectivity index (χ1n) is 3.43. The molecular formula is C8H13NO2. The summed E-state index contributed by atoms with van der Waals surface area (Å²) in [5, 5.41) is 1.32. The van der Waals surface area contributed by atoms with E-state index in [1.54, 1.807) is 14.1 Å². The SMILES string of the molecule is CC(C)C#CC(=O)ON(C)C. The summed E-state index contributed by atoms with van der Waals surface area (Å²) >= 11 is 0. The molecule has 0 radical (unpaired) electrons. The number of rotatable bonds is 1. The summed E-state index contributed by atoms with van der Waals surface area (Å²) in [4.78, 5) is 15.3. The normalized spacial score (nSPS) is 9.27. The van der Waals surface area contributed by atoms with Gasteiger partial charge in [-0.3, -0.25) is 0 Å². The Labute approximate surface area is 67.3 Å². The molecule has 0 spiro atoms. The Morgan fingerprint density at radius 2 is 2.00 bits per heavy atom. The molecule has 3 nitrogen and oxygen atoms in total. The van der Waals surface area contributed by atoms with Gasteiger partial charge in [-0.2, -0.15) is 0 Å². The minimum Gasteiger partial charge on any atom is -0.358 e. The summed E-state index contributed by atoms with van der Waals surface area (Å²) in [6.45, 7) is 3.83. The molecule has 0 atom stereocenters. The first-order chi connectivity index (χ1) is 5.02. The van der Waals surface area contributed by atoms with E-state index in [0.717, 1.165) is 0 Å². The van der Waals surface area contributed by atoms with Crippen LogP contribution >= 0.6 is 0 Å². The van der Waals surface area contributed by atoms with Crippen molar-refractivity contribution in [2.75, 3.05) is 14.1 Å². The van der Waals surface area contributed by atoms with Crippen molar-refractivity contribution in [1.29, 1.82) is 0 Å². The molecule has 0 aliphatic rings. The minimum atomic E-state index is -0.510. The summed E-state index contributed by atoms with van der Waals surface area (Å²) in [6.07, 6.45) is 0. The van der Waals surface area contributed by atoms with Crippen LogP contribution in [0.1, 0.15) is 13.8 Å². The maximum atomic E-state index is 10.7. The van der Waals surface area contributed by atoms with Gasteiger partial charge in [0, 0.05) is 25.9 Å². The van der Waals surface area contributed by atoms with Gasteiger partial charge in [-0.1, -0.05) is 19.8 Å². The van der Waals surface area contributed by atoms with Gasteiger partial charge in [-0.25, -0.2) is 4.79 Å². The summed E-state index contributed by atoms with van der Waals surface area (Å²) in [5.74, 6) is 4.75. The van der Waals surface area contributed by atoms with Crippen molar-refractivity contribution in [3.8, 4) is 11.8 Å². The average molecular weight is 155 g/mol. The summed E-state index contributed by atoms with van der Waals surface area (Å²) < 4.78 is 0. The van der Waals surface area contributed by atoms with Crippen LogP contribution in [-0.2, 0) is 9.63 Å². The Kier molecular flexibility index (Phi) is 4.32. The van der Waals surface area contributed by atoms with Crippen LogP contribution in [0.15, 0.2) is 0 Å². The number of hydroxylamine groups is 2. The highest BCUT2D eigenvalue weighted by Gasteiger charge is 1.97. The zero-order valence-corrected chi connectivity index (χ0v) is 7.34. The third-order valence-electron chi connectivity index (χ3n) is 0.728. The van der Waals surface area contributed by atoms with Gasteiger partial charge in [-0.05, 0) is 0 Å². The smallest absolute Gasteiger partial charge is 0.358 e. The van der Waals surface area contributed by atoms with E-state index in [1.807, 2.05) is 13.8 Å². The van der Waals surface area contributed by atoms with E-state index in [0.29, 0.717) is 0 Å². The Hall–Kier alpha value is -1.01. The lowest BCUT2D eigenvalue weighted by atomic mass is 10.2.